The summed E-state index contributed by atoms with van der Waals surface area (Å²) < 4.78 is 7.41. The summed E-state index contributed by atoms with van der Waals surface area (Å²) in [4.78, 5) is 13.5. The van der Waals surface area contributed by atoms with Crippen LogP contribution >= 0.6 is 15.9 Å². The van der Waals surface area contributed by atoms with E-state index in [9.17, 15) is 9.90 Å². The highest BCUT2D eigenvalue weighted by Gasteiger charge is 2.18. The Morgan fingerprint density at radius 3 is 2.82 bits per heavy atom. The van der Waals surface area contributed by atoms with Crippen LogP contribution in [0.1, 0.15) is 10.5 Å². The minimum Gasteiger partial charge on any atom is -0.389 e. The molecule has 6 heteroatoms. The van der Waals surface area contributed by atoms with Gasteiger partial charge in [-0.05, 0) is 22.0 Å². The fourth-order valence-corrected chi connectivity index (χ4v) is 2.10. The van der Waals surface area contributed by atoms with Crippen LogP contribution < -0.4 is 0 Å². The lowest BCUT2D eigenvalue weighted by atomic mass is 10.3. The average Bonchev–Trinajstić information content (AvgIpc) is 2.56. The van der Waals surface area contributed by atoms with E-state index < -0.39 is 6.10 Å². The second-order valence-electron chi connectivity index (χ2n) is 3.95. The van der Waals surface area contributed by atoms with Gasteiger partial charge < -0.3 is 19.3 Å². The number of hydrogen-bond acceptors (Lipinski definition) is 3. The van der Waals surface area contributed by atoms with Crippen LogP contribution in [-0.4, -0.2) is 53.9 Å². The van der Waals surface area contributed by atoms with E-state index in [1.165, 1.54) is 12.0 Å². The Labute approximate surface area is 109 Å². The average molecular weight is 305 g/mol. The molecule has 1 atom stereocenters. The molecule has 0 aliphatic carbocycles. The third-order valence-corrected chi connectivity index (χ3v) is 2.81. The number of nitrogens with zero attached hydrogens (tertiary/aromatic N) is 2. The summed E-state index contributed by atoms with van der Waals surface area (Å²) in [6, 6.07) is 1.75. The van der Waals surface area contributed by atoms with Crippen LogP contribution in [0.2, 0.25) is 0 Å². The predicted octanol–water partition coefficient (Wildman–Crippen LogP) is 0.867. The lowest BCUT2D eigenvalue weighted by Gasteiger charge is -2.20. The molecular weight excluding hydrogens is 288 g/mol. The van der Waals surface area contributed by atoms with Crippen molar-refractivity contribution in [2.24, 2.45) is 7.05 Å². The molecule has 0 aliphatic rings. The van der Waals surface area contributed by atoms with Gasteiger partial charge in [-0.3, -0.25) is 4.79 Å². The van der Waals surface area contributed by atoms with Crippen molar-refractivity contribution in [3.8, 4) is 0 Å². The molecule has 1 rings (SSSR count). The van der Waals surface area contributed by atoms with E-state index in [0.29, 0.717) is 5.69 Å². The molecule has 17 heavy (non-hydrogen) atoms. The van der Waals surface area contributed by atoms with Crippen LogP contribution in [0.25, 0.3) is 0 Å². The number of carbonyl (C=O) groups is 1. The first-order valence-electron chi connectivity index (χ1n) is 5.20. The van der Waals surface area contributed by atoms with Gasteiger partial charge in [0, 0.05) is 38.4 Å². The fourth-order valence-electron chi connectivity index (χ4n) is 1.58. The maximum Gasteiger partial charge on any atom is 0.270 e. The largest absolute Gasteiger partial charge is 0.389 e. The zero-order chi connectivity index (χ0) is 13.0. The number of aliphatic hydroxyl groups excluding tert-OH is 1. The number of aliphatic hydroxyl groups is 1. The Kier molecular flexibility index (Phi) is 5.17. The molecule has 1 aromatic heterocycles. The van der Waals surface area contributed by atoms with Gasteiger partial charge in [-0.15, -0.1) is 0 Å². The molecule has 0 saturated heterocycles. The number of carbonyl (C=O) groups excluding carboxylic acids is 1. The lowest BCUT2D eigenvalue weighted by Crippen LogP contribution is -2.36. The van der Waals surface area contributed by atoms with Gasteiger partial charge in [0.15, 0.2) is 0 Å². The molecule has 1 amide bonds. The van der Waals surface area contributed by atoms with Crippen molar-refractivity contribution in [2.45, 2.75) is 6.10 Å². The van der Waals surface area contributed by atoms with Crippen molar-refractivity contribution >= 4 is 21.8 Å². The zero-order valence-corrected chi connectivity index (χ0v) is 11.8. The molecule has 1 unspecified atom stereocenters. The van der Waals surface area contributed by atoms with Gasteiger partial charge in [0.05, 0.1) is 12.7 Å². The van der Waals surface area contributed by atoms with Crippen LogP contribution in [0.3, 0.4) is 0 Å². The van der Waals surface area contributed by atoms with Crippen LogP contribution in [0.5, 0.6) is 0 Å². The Morgan fingerprint density at radius 1 is 1.71 bits per heavy atom. The first-order valence-corrected chi connectivity index (χ1v) is 5.99. The van der Waals surface area contributed by atoms with Crippen LogP contribution in [0, 0.1) is 0 Å². The summed E-state index contributed by atoms with van der Waals surface area (Å²) >= 11 is 3.32. The summed E-state index contributed by atoms with van der Waals surface area (Å²) in [5.41, 5.74) is 0.573. The second-order valence-corrected chi connectivity index (χ2v) is 4.86. The van der Waals surface area contributed by atoms with Gasteiger partial charge in [0.25, 0.3) is 5.91 Å². The third kappa shape index (κ3) is 3.83. The highest BCUT2D eigenvalue weighted by molar-refractivity contribution is 9.10. The first-order chi connectivity index (χ1) is 7.95. The molecule has 1 N–H and O–H groups in total. The Balaban J connectivity index is 2.66. The number of aromatic nitrogens is 1. The number of aryl methyl sites for hydroxylation is 1. The molecule has 1 heterocycles. The van der Waals surface area contributed by atoms with Gasteiger partial charge >= 0.3 is 0 Å². The Hall–Kier alpha value is -0.850. The minimum atomic E-state index is -0.669. The molecule has 96 valence electrons. The fraction of sp³-hybridized carbons (Fsp3) is 0.545. The molecule has 0 aliphatic heterocycles. The second kappa shape index (κ2) is 6.18. The van der Waals surface area contributed by atoms with Crippen molar-refractivity contribution in [1.29, 1.82) is 0 Å². The van der Waals surface area contributed by atoms with E-state index >= 15 is 0 Å². The summed E-state index contributed by atoms with van der Waals surface area (Å²) in [6.07, 6.45) is 1.14. The van der Waals surface area contributed by atoms with E-state index in [-0.39, 0.29) is 19.1 Å². The molecular formula is C11H17BrN2O3. The van der Waals surface area contributed by atoms with Gasteiger partial charge in [-0.2, -0.15) is 0 Å². The monoisotopic (exact) mass is 304 g/mol. The van der Waals surface area contributed by atoms with Crippen LogP contribution in [-0.2, 0) is 11.8 Å². The van der Waals surface area contributed by atoms with E-state index in [1.54, 1.807) is 24.7 Å². The highest BCUT2D eigenvalue weighted by Crippen LogP contribution is 2.15. The quantitative estimate of drug-likeness (QED) is 0.878. The summed E-state index contributed by atoms with van der Waals surface area (Å²) in [7, 11) is 4.97. The van der Waals surface area contributed by atoms with Crippen molar-refractivity contribution in [3.05, 3.63) is 22.4 Å². The number of hydrogen-bond donors (Lipinski definition) is 1. The van der Waals surface area contributed by atoms with Gasteiger partial charge in [0.2, 0.25) is 0 Å². The number of ether oxygens (including phenoxy) is 1. The van der Waals surface area contributed by atoms with Gasteiger partial charge in [-0.25, -0.2) is 0 Å². The number of halogens is 1. The standard InChI is InChI=1S/C11H17BrN2O3/c1-13-5-8(12)4-10(13)11(16)14(2)6-9(15)7-17-3/h4-5,9,15H,6-7H2,1-3H3. The highest BCUT2D eigenvalue weighted by atomic mass is 79.9. The van der Waals surface area contributed by atoms with Crippen LogP contribution in [0.15, 0.2) is 16.7 Å². The van der Waals surface area contributed by atoms with E-state index in [0.717, 1.165) is 4.47 Å². The molecule has 0 aromatic carbocycles. The summed E-state index contributed by atoms with van der Waals surface area (Å²) in [5, 5.41) is 9.55. The van der Waals surface area contributed by atoms with Gasteiger partial charge in [-0.1, -0.05) is 0 Å². The topological polar surface area (TPSA) is 54.7 Å². The Morgan fingerprint density at radius 2 is 2.35 bits per heavy atom. The van der Waals surface area contributed by atoms with Crippen molar-refractivity contribution in [2.75, 3.05) is 27.3 Å². The van der Waals surface area contributed by atoms with Crippen molar-refractivity contribution in [3.63, 3.8) is 0 Å². The lowest BCUT2D eigenvalue weighted by molar-refractivity contribution is 0.0376. The molecule has 0 bridgehead atoms. The predicted molar refractivity (Wildman–Crippen MR) is 68.0 cm³/mol. The number of likely N-dealkylation sites (N-methyl/N-ethyl adjacent to an activating group) is 1. The molecule has 5 nitrogen and oxygen atoms in total. The van der Waals surface area contributed by atoms with Crippen LogP contribution in [0.4, 0.5) is 0 Å². The number of rotatable bonds is 5. The maximum absolute atomic E-state index is 12.1. The molecule has 0 radical (unpaired) electrons. The summed E-state index contributed by atoms with van der Waals surface area (Å²) in [6.45, 7) is 0.462. The first kappa shape index (κ1) is 14.2. The Bertz CT molecular complexity index is 392. The van der Waals surface area contributed by atoms with E-state index in [4.69, 9.17) is 4.74 Å². The maximum atomic E-state index is 12.1. The molecule has 0 spiro atoms. The number of amides is 1. The molecule has 0 fully saturated rings. The van der Waals surface area contributed by atoms with Gasteiger partial charge in [0.1, 0.15) is 5.69 Å². The molecule has 0 saturated carbocycles. The third-order valence-electron chi connectivity index (χ3n) is 2.38. The minimum absolute atomic E-state index is 0.131. The number of methoxy groups -OCH3 is 1. The van der Waals surface area contributed by atoms with Crippen molar-refractivity contribution in [1.82, 2.24) is 9.47 Å². The van der Waals surface area contributed by atoms with Crippen molar-refractivity contribution < 1.29 is 14.6 Å². The summed E-state index contributed by atoms with van der Waals surface area (Å²) in [5.74, 6) is -0.131. The smallest absolute Gasteiger partial charge is 0.270 e. The van der Waals surface area contributed by atoms with E-state index in [1.807, 2.05) is 6.20 Å². The van der Waals surface area contributed by atoms with E-state index in [2.05, 4.69) is 15.9 Å². The normalized spacial score (nSPS) is 12.5. The molecule has 1 aromatic rings. The zero-order valence-electron chi connectivity index (χ0n) is 10.2. The SMILES string of the molecule is COCC(O)CN(C)C(=O)c1cc(Br)cn1C.